The van der Waals surface area contributed by atoms with E-state index in [1.165, 1.54) is 5.56 Å². The van der Waals surface area contributed by atoms with Crippen LogP contribution in [0, 0.1) is 5.92 Å². The highest BCUT2D eigenvalue weighted by Crippen LogP contribution is 2.14. The molecule has 0 aliphatic heterocycles. The SMILES string of the molecule is CC(CCc1ccsc1)CC(=O)O. The molecule has 0 spiro atoms. The highest BCUT2D eigenvalue weighted by Gasteiger charge is 2.07. The van der Waals surface area contributed by atoms with Gasteiger partial charge in [-0.25, -0.2) is 0 Å². The van der Waals surface area contributed by atoms with Crippen LogP contribution in [0.3, 0.4) is 0 Å². The molecule has 13 heavy (non-hydrogen) atoms. The van der Waals surface area contributed by atoms with Gasteiger partial charge >= 0.3 is 5.97 Å². The van der Waals surface area contributed by atoms with Crippen LogP contribution in [-0.2, 0) is 11.2 Å². The lowest BCUT2D eigenvalue weighted by Crippen LogP contribution is -2.04. The van der Waals surface area contributed by atoms with Gasteiger partial charge in [0.05, 0.1) is 0 Å². The molecule has 0 saturated heterocycles. The van der Waals surface area contributed by atoms with Gasteiger partial charge in [0.15, 0.2) is 0 Å². The lowest BCUT2D eigenvalue weighted by molar-refractivity contribution is -0.138. The molecular formula is C10H14O2S. The molecule has 2 nitrogen and oxygen atoms in total. The van der Waals surface area contributed by atoms with E-state index >= 15 is 0 Å². The lowest BCUT2D eigenvalue weighted by Gasteiger charge is -2.06. The number of rotatable bonds is 5. The second-order valence-electron chi connectivity index (χ2n) is 3.37. The van der Waals surface area contributed by atoms with Gasteiger partial charge in [-0.05, 0) is 41.1 Å². The predicted octanol–water partition coefficient (Wildman–Crippen LogP) is 2.79. The number of carboxylic acids is 1. The zero-order valence-corrected chi connectivity index (χ0v) is 8.51. The third-order valence-electron chi connectivity index (χ3n) is 2.03. The zero-order valence-electron chi connectivity index (χ0n) is 7.69. The Bertz CT molecular complexity index is 254. The molecule has 0 aromatic carbocycles. The van der Waals surface area contributed by atoms with E-state index in [4.69, 9.17) is 5.11 Å². The molecule has 1 aromatic heterocycles. The smallest absolute Gasteiger partial charge is 0.303 e. The summed E-state index contributed by atoms with van der Waals surface area (Å²) in [6, 6.07) is 2.10. The van der Waals surface area contributed by atoms with Crippen molar-refractivity contribution in [2.45, 2.75) is 26.2 Å². The summed E-state index contributed by atoms with van der Waals surface area (Å²) in [5.74, 6) is -0.421. The van der Waals surface area contributed by atoms with Crippen LogP contribution in [0.15, 0.2) is 16.8 Å². The van der Waals surface area contributed by atoms with Gasteiger partial charge in [-0.15, -0.1) is 0 Å². The van der Waals surface area contributed by atoms with Crippen molar-refractivity contribution in [2.75, 3.05) is 0 Å². The van der Waals surface area contributed by atoms with Gasteiger partial charge in [0.2, 0.25) is 0 Å². The Morgan fingerprint density at radius 2 is 2.46 bits per heavy atom. The number of hydrogen-bond donors (Lipinski definition) is 1. The quantitative estimate of drug-likeness (QED) is 0.790. The van der Waals surface area contributed by atoms with Gasteiger partial charge in [0.25, 0.3) is 0 Å². The summed E-state index contributed by atoms with van der Waals surface area (Å²) in [5, 5.41) is 12.7. The van der Waals surface area contributed by atoms with E-state index in [9.17, 15) is 4.79 Å². The molecule has 1 N–H and O–H groups in total. The minimum atomic E-state index is -0.696. The van der Waals surface area contributed by atoms with Gasteiger partial charge in [-0.1, -0.05) is 6.92 Å². The summed E-state index contributed by atoms with van der Waals surface area (Å²) < 4.78 is 0. The predicted molar refractivity (Wildman–Crippen MR) is 54.1 cm³/mol. The topological polar surface area (TPSA) is 37.3 Å². The molecule has 0 fully saturated rings. The summed E-state index contributed by atoms with van der Waals surface area (Å²) in [7, 11) is 0. The second kappa shape index (κ2) is 5.02. The Hall–Kier alpha value is -0.830. The van der Waals surface area contributed by atoms with E-state index in [0.717, 1.165) is 12.8 Å². The first-order chi connectivity index (χ1) is 6.18. The minimum absolute atomic E-state index is 0.275. The van der Waals surface area contributed by atoms with E-state index in [1.807, 2.05) is 6.92 Å². The van der Waals surface area contributed by atoms with Crippen molar-refractivity contribution in [2.24, 2.45) is 5.92 Å². The Morgan fingerprint density at radius 3 is 3.00 bits per heavy atom. The monoisotopic (exact) mass is 198 g/mol. The first kappa shape index (κ1) is 10.3. The fourth-order valence-corrected chi connectivity index (χ4v) is 1.95. The minimum Gasteiger partial charge on any atom is -0.481 e. The highest BCUT2D eigenvalue weighted by atomic mass is 32.1. The first-order valence-corrected chi connectivity index (χ1v) is 5.35. The first-order valence-electron chi connectivity index (χ1n) is 4.41. The van der Waals surface area contributed by atoms with Gasteiger partial charge < -0.3 is 5.11 Å². The van der Waals surface area contributed by atoms with Gasteiger partial charge in [-0.3, -0.25) is 4.79 Å². The molecule has 1 atom stereocenters. The summed E-state index contributed by atoms with van der Waals surface area (Å²) in [6.45, 7) is 1.99. The molecule has 0 aliphatic carbocycles. The molecule has 0 aliphatic rings. The Morgan fingerprint density at radius 1 is 1.69 bits per heavy atom. The van der Waals surface area contributed by atoms with Crippen LogP contribution in [0.5, 0.6) is 0 Å². The van der Waals surface area contributed by atoms with Gasteiger partial charge in [-0.2, -0.15) is 11.3 Å². The summed E-state index contributed by atoms with van der Waals surface area (Å²) >= 11 is 1.69. The van der Waals surface area contributed by atoms with Crippen molar-refractivity contribution in [3.8, 4) is 0 Å². The molecular weight excluding hydrogens is 184 g/mol. The van der Waals surface area contributed by atoms with Gasteiger partial charge in [0, 0.05) is 6.42 Å². The van der Waals surface area contributed by atoms with Crippen LogP contribution in [0.25, 0.3) is 0 Å². The molecule has 0 saturated carbocycles. The fraction of sp³-hybridized carbons (Fsp3) is 0.500. The molecule has 1 rings (SSSR count). The number of aryl methyl sites for hydroxylation is 1. The van der Waals surface area contributed by atoms with E-state index < -0.39 is 5.97 Å². The average molecular weight is 198 g/mol. The maximum Gasteiger partial charge on any atom is 0.303 e. The van der Waals surface area contributed by atoms with Crippen LogP contribution in [-0.4, -0.2) is 11.1 Å². The van der Waals surface area contributed by atoms with E-state index in [1.54, 1.807) is 11.3 Å². The van der Waals surface area contributed by atoms with E-state index in [-0.39, 0.29) is 12.3 Å². The molecule has 1 aromatic rings. The summed E-state index contributed by atoms with van der Waals surface area (Å²) in [4.78, 5) is 10.4. The molecule has 1 unspecified atom stereocenters. The maximum atomic E-state index is 10.4. The van der Waals surface area contributed by atoms with Gasteiger partial charge in [0.1, 0.15) is 0 Å². The van der Waals surface area contributed by atoms with E-state index in [2.05, 4.69) is 16.8 Å². The van der Waals surface area contributed by atoms with Crippen molar-refractivity contribution < 1.29 is 9.90 Å². The summed E-state index contributed by atoms with van der Waals surface area (Å²) in [5.41, 5.74) is 1.32. The highest BCUT2D eigenvalue weighted by molar-refractivity contribution is 7.07. The molecule has 3 heteroatoms. The third kappa shape index (κ3) is 4.08. The van der Waals surface area contributed by atoms with E-state index in [0.29, 0.717) is 0 Å². The molecule has 1 heterocycles. The maximum absolute atomic E-state index is 10.4. The number of carbonyl (C=O) groups is 1. The number of thiophene rings is 1. The van der Waals surface area contributed by atoms with Crippen molar-refractivity contribution >= 4 is 17.3 Å². The summed E-state index contributed by atoms with van der Waals surface area (Å²) in [6.07, 6.45) is 2.24. The van der Waals surface area contributed by atoms with Crippen LogP contribution in [0.1, 0.15) is 25.3 Å². The van der Waals surface area contributed by atoms with Crippen molar-refractivity contribution in [3.63, 3.8) is 0 Å². The fourth-order valence-electron chi connectivity index (χ4n) is 1.25. The van der Waals surface area contributed by atoms with Crippen LogP contribution >= 0.6 is 11.3 Å². The third-order valence-corrected chi connectivity index (χ3v) is 2.76. The van der Waals surface area contributed by atoms with Crippen LogP contribution < -0.4 is 0 Å². The normalized spacial score (nSPS) is 12.7. The number of aliphatic carboxylic acids is 1. The molecule has 0 amide bonds. The second-order valence-corrected chi connectivity index (χ2v) is 4.15. The average Bonchev–Trinajstić information content (AvgIpc) is 2.51. The van der Waals surface area contributed by atoms with Crippen LogP contribution in [0.2, 0.25) is 0 Å². The number of carboxylic acid groups (broad SMARTS) is 1. The molecule has 0 bridgehead atoms. The Kier molecular flexibility index (Phi) is 3.96. The molecule has 0 radical (unpaired) electrons. The molecule has 72 valence electrons. The van der Waals surface area contributed by atoms with Crippen LogP contribution in [0.4, 0.5) is 0 Å². The Balaban J connectivity index is 2.22. The van der Waals surface area contributed by atoms with Crippen molar-refractivity contribution in [3.05, 3.63) is 22.4 Å². The zero-order chi connectivity index (χ0) is 9.68. The standard InChI is InChI=1S/C10H14O2S/c1-8(6-10(11)12)2-3-9-4-5-13-7-9/h4-5,7-8H,2-3,6H2,1H3,(H,11,12). The lowest BCUT2D eigenvalue weighted by atomic mass is 10.00. The largest absolute Gasteiger partial charge is 0.481 e. The Labute approximate surface area is 82.2 Å². The van der Waals surface area contributed by atoms with Crippen molar-refractivity contribution in [1.29, 1.82) is 0 Å². The van der Waals surface area contributed by atoms with Crippen molar-refractivity contribution in [1.82, 2.24) is 0 Å². The number of hydrogen-bond acceptors (Lipinski definition) is 2.